The molecule has 0 heterocycles. The molecule has 0 bridgehead atoms. The van der Waals surface area contributed by atoms with Gasteiger partial charge in [0.15, 0.2) is 0 Å². The zero-order valence-electron chi connectivity index (χ0n) is 12.7. The molecule has 1 aliphatic carbocycles. The summed E-state index contributed by atoms with van der Waals surface area (Å²) in [7, 11) is 0. The van der Waals surface area contributed by atoms with Crippen molar-refractivity contribution in [3.63, 3.8) is 0 Å². The third kappa shape index (κ3) is 2.37. The first kappa shape index (κ1) is 15.5. The van der Waals surface area contributed by atoms with Gasteiger partial charge in [0.25, 0.3) is 0 Å². The van der Waals surface area contributed by atoms with Gasteiger partial charge < -0.3 is 0 Å². The van der Waals surface area contributed by atoms with Crippen molar-refractivity contribution >= 4 is 11.6 Å². The normalized spacial score (nSPS) is 12.7. The molecule has 0 N–H and O–H groups in total. The van der Waals surface area contributed by atoms with E-state index in [1.807, 2.05) is 0 Å². The summed E-state index contributed by atoms with van der Waals surface area (Å²) in [5.41, 5.74) is 11.6. The van der Waals surface area contributed by atoms with Crippen LogP contribution in [-0.4, -0.2) is 0 Å². The molecule has 0 saturated carbocycles. The third-order valence-corrected chi connectivity index (χ3v) is 4.70. The molecule has 20 heavy (non-hydrogen) atoms. The molecule has 0 amide bonds. The van der Waals surface area contributed by atoms with Crippen LogP contribution in [-0.2, 0) is 32.6 Å². The van der Waals surface area contributed by atoms with E-state index in [1.54, 1.807) is 0 Å². The summed E-state index contributed by atoms with van der Waals surface area (Å²) < 4.78 is 0. The summed E-state index contributed by atoms with van der Waals surface area (Å²) >= 11 is 0. The SMILES string of the molecule is Cc1c(C)c(C)c2c(c1C)C=C(c1ccccc1)C2.[Zr]. The van der Waals surface area contributed by atoms with Crippen LogP contribution >= 0.6 is 0 Å². The summed E-state index contributed by atoms with van der Waals surface area (Å²) in [5, 5.41) is 0. The van der Waals surface area contributed by atoms with E-state index in [0.29, 0.717) is 0 Å². The fourth-order valence-corrected chi connectivity index (χ4v) is 3.10. The van der Waals surface area contributed by atoms with Gasteiger partial charge in [0.1, 0.15) is 0 Å². The maximum atomic E-state index is 2.39. The van der Waals surface area contributed by atoms with Gasteiger partial charge in [-0.15, -0.1) is 0 Å². The van der Waals surface area contributed by atoms with Crippen molar-refractivity contribution in [3.05, 3.63) is 69.3 Å². The summed E-state index contributed by atoms with van der Waals surface area (Å²) in [6.45, 7) is 9.01. The number of hydrogen-bond donors (Lipinski definition) is 0. The van der Waals surface area contributed by atoms with E-state index in [1.165, 1.54) is 44.5 Å². The Balaban J connectivity index is 0.00000147. The molecule has 0 saturated heterocycles. The largest absolute Gasteiger partial charge is 0.0622 e. The van der Waals surface area contributed by atoms with Crippen LogP contribution < -0.4 is 0 Å². The molecule has 0 aliphatic heterocycles. The molecular weight excluding hydrogens is 319 g/mol. The summed E-state index contributed by atoms with van der Waals surface area (Å²) in [6.07, 6.45) is 3.46. The van der Waals surface area contributed by atoms with Gasteiger partial charge in [0, 0.05) is 26.2 Å². The molecule has 0 nitrogen and oxygen atoms in total. The van der Waals surface area contributed by atoms with Crippen LogP contribution in [0.15, 0.2) is 30.3 Å². The molecule has 0 spiro atoms. The topological polar surface area (TPSA) is 0 Å². The number of rotatable bonds is 1. The van der Waals surface area contributed by atoms with Crippen molar-refractivity contribution < 1.29 is 26.2 Å². The van der Waals surface area contributed by atoms with E-state index in [0.717, 1.165) is 6.42 Å². The van der Waals surface area contributed by atoms with Gasteiger partial charge in [-0.2, -0.15) is 0 Å². The van der Waals surface area contributed by atoms with E-state index in [4.69, 9.17) is 0 Å². The molecule has 100 valence electrons. The van der Waals surface area contributed by atoms with Crippen LogP contribution in [0.5, 0.6) is 0 Å². The van der Waals surface area contributed by atoms with E-state index >= 15 is 0 Å². The zero-order chi connectivity index (χ0) is 13.6. The quantitative estimate of drug-likeness (QED) is 0.685. The maximum absolute atomic E-state index is 2.39. The Labute approximate surface area is 141 Å². The van der Waals surface area contributed by atoms with Crippen molar-refractivity contribution in [1.82, 2.24) is 0 Å². The van der Waals surface area contributed by atoms with E-state index < -0.39 is 0 Å². The summed E-state index contributed by atoms with van der Waals surface area (Å²) in [6, 6.07) is 10.7. The molecule has 0 unspecified atom stereocenters. The Morgan fingerprint density at radius 2 is 1.35 bits per heavy atom. The first-order chi connectivity index (χ1) is 9.09. The summed E-state index contributed by atoms with van der Waals surface area (Å²) in [5.74, 6) is 0. The number of fused-ring (bicyclic) bond motifs is 1. The Morgan fingerprint density at radius 3 is 2.00 bits per heavy atom. The standard InChI is InChI=1S/C19H20.Zr/c1-12-13(2)15(4)19-11-17(10-18(19)14(12)3)16-8-6-5-7-9-16;/h5-10H,11H2,1-4H3;. The van der Waals surface area contributed by atoms with Gasteiger partial charge in [-0.05, 0) is 78.6 Å². The maximum Gasteiger partial charge on any atom is 0 e. The summed E-state index contributed by atoms with van der Waals surface area (Å²) in [4.78, 5) is 0. The van der Waals surface area contributed by atoms with Crippen molar-refractivity contribution in [2.75, 3.05) is 0 Å². The zero-order valence-corrected chi connectivity index (χ0v) is 15.1. The second-order valence-electron chi connectivity index (χ2n) is 5.60. The molecule has 0 radical (unpaired) electrons. The van der Waals surface area contributed by atoms with Crippen molar-refractivity contribution in [1.29, 1.82) is 0 Å². The van der Waals surface area contributed by atoms with Crippen LogP contribution in [0.1, 0.15) is 38.9 Å². The average molecular weight is 340 g/mol. The van der Waals surface area contributed by atoms with Crippen molar-refractivity contribution in [2.45, 2.75) is 34.1 Å². The van der Waals surface area contributed by atoms with E-state index in [-0.39, 0.29) is 26.2 Å². The minimum Gasteiger partial charge on any atom is -0.0622 e. The van der Waals surface area contributed by atoms with Crippen LogP contribution in [0.2, 0.25) is 0 Å². The Kier molecular flexibility index (Phi) is 4.50. The Bertz CT molecular complexity index is 679. The van der Waals surface area contributed by atoms with Crippen LogP contribution in [0.3, 0.4) is 0 Å². The number of hydrogen-bond acceptors (Lipinski definition) is 0. The smallest absolute Gasteiger partial charge is 0 e. The number of benzene rings is 2. The second kappa shape index (κ2) is 5.82. The van der Waals surface area contributed by atoms with Crippen molar-refractivity contribution in [3.8, 4) is 0 Å². The Hall–Kier alpha value is -0.937. The van der Waals surface area contributed by atoms with Gasteiger partial charge in [-0.25, -0.2) is 0 Å². The second-order valence-corrected chi connectivity index (χ2v) is 5.60. The van der Waals surface area contributed by atoms with E-state index in [2.05, 4.69) is 64.1 Å². The van der Waals surface area contributed by atoms with Gasteiger partial charge in [0.05, 0.1) is 0 Å². The minimum atomic E-state index is 0. The average Bonchev–Trinajstić information content (AvgIpc) is 2.89. The molecule has 0 atom stereocenters. The predicted molar refractivity (Wildman–Crippen MR) is 83.4 cm³/mol. The molecule has 3 rings (SSSR count). The van der Waals surface area contributed by atoms with Crippen molar-refractivity contribution in [2.24, 2.45) is 0 Å². The molecule has 1 aliphatic rings. The van der Waals surface area contributed by atoms with E-state index in [9.17, 15) is 0 Å². The molecule has 2 aromatic carbocycles. The molecule has 0 aromatic heterocycles. The Morgan fingerprint density at radius 1 is 0.750 bits per heavy atom. The molecule has 0 fully saturated rings. The monoisotopic (exact) mass is 338 g/mol. The molecule has 1 heteroatoms. The fourth-order valence-electron chi connectivity index (χ4n) is 3.10. The van der Waals surface area contributed by atoms with Crippen LogP contribution in [0, 0.1) is 27.7 Å². The molecule has 2 aromatic rings. The van der Waals surface area contributed by atoms with Crippen LogP contribution in [0.25, 0.3) is 11.6 Å². The van der Waals surface area contributed by atoms with Gasteiger partial charge in [0.2, 0.25) is 0 Å². The number of allylic oxidation sites excluding steroid dienone is 1. The molecular formula is C19H20Zr. The van der Waals surface area contributed by atoms with Gasteiger partial charge in [-0.3, -0.25) is 0 Å². The third-order valence-electron chi connectivity index (χ3n) is 4.70. The van der Waals surface area contributed by atoms with Gasteiger partial charge >= 0.3 is 0 Å². The van der Waals surface area contributed by atoms with Gasteiger partial charge in [-0.1, -0.05) is 36.4 Å². The first-order valence-corrected chi connectivity index (χ1v) is 6.95. The predicted octanol–water partition coefficient (Wildman–Crippen LogP) is 5.01. The van der Waals surface area contributed by atoms with Crippen LogP contribution in [0.4, 0.5) is 0 Å². The minimum absolute atomic E-state index is 0. The fraction of sp³-hybridized carbons (Fsp3) is 0.263. The first-order valence-electron chi connectivity index (χ1n) is 6.95.